The summed E-state index contributed by atoms with van der Waals surface area (Å²) in [5, 5.41) is 12.5. The summed E-state index contributed by atoms with van der Waals surface area (Å²) >= 11 is 0. The van der Waals surface area contributed by atoms with Crippen molar-refractivity contribution >= 4 is 11.9 Å². The molecule has 1 aliphatic heterocycles. The van der Waals surface area contributed by atoms with E-state index in [-0.39, 0.29) is 23.4 Å². The van der Waals surface area contributed by atoms with E-state index in [4.69, 9.17) is 4.74 Å². The molecule has 1 saturated carbocycles. The average Bonchev–Trinajstić information content (AvgIpc) is 2.63. The summed E-state index contributed by atoms with van der Waals surface area (Å²) < 4.78 is 5.04. The van der Waals surface area contributed by atoms with Gasteiger partial charge in [0.15, 0.2) is 0 Å². The van der Waals surface area contributed by atoms with E-state index < -0.39 is 0 Å². The first-order valence-corrected chi connectivity index (χ1v) is 8.98. The van der Waals surface area contributed by atoms with E-state index in [1.54, 1.807) is 18.0 Å². The smallest absolute Gasteiger partial charge is 0.309 e. The molecule has 1 amide bonds. The van der Waals surface area contributed by atoms with Gasteiger partial charge in [-0.1, -0.05) is 19.3 Å². The molecule has 0 aromatic carbocycles. The van der Waals surface area contributed by atoms with Crippen LogP contribution in [-0.4, -0.2) is 42.5 Å². The van der Waals surface area contributed by atoms with Crippen molar-refractivity contribution in [1.82, 2.24) is 10.2 Å². The SMILES string of the molecule is CCOC(=O)C1CCN(C(=O)/C(C#N)=C\NC2CCCCC2)CC1. The van der Waals surface area contributed by atoms with Gasteiger partial charge in [-0.3, -0.25) is 9.59 Å². The minimum absolute atomic E-state index is 0.135. The third-order valence-corrected chi connectivity index (χ3v) is 4.82. The predicted molar refractivity (Wildman–Crippen MR) is 89.6 cm³/mol. The summed E-state index contributed by atoms with van der Waals surface area (Å²) in [5.41, 5.74) is 0.148. The third-order valence-electron chi connectivity index (χ3n) is 4.82. The number of piperidine rings is 1. The van der Waals surface area contributed by atoms with E-state index in [2.05, 4.69) is 5.32 Å². The van der Waals surface area contributed by atoms with Gasteiger partial charge in [0.25, 0.3) is 5.91 Å². The van der Waals surface area contributed by atoms with E-state index in [0.717, 1.165) is 12.8 Å². The molecule has 2 aliphatic rings. The second kappa shape index (κ2) is 9.31. The van der Waals surface area contributed by atoms with E-state index >= 15 is 0 Å². The van der Waals surface area contributed by atoms with E-state index in [1.807, 2.05) is 6.07 Å². The largest absolute Gasteiger partial charge is 0.466 e. The maximum absolute atomic E-state index is 12.5. The van der Waals surface area contributed by atoms with Gasteiger partial charge in [0.05, 0.1) is 12.5 Å². The summed E-state index contributed by atoms with van der Waals surface area (Å²) in [5.74, 6) is -0.563. The van der Waals surface area contributed by atoms with Gasteiger partial charge in [0, 0.05) is 25.3 Å². The van der Waals surface area contributed by atoms with Gasteiger partial charge in [-0.15, -0.1) is 0 Å². The molecule has 0 atom stereocenters. The van der Waals surface area contributed by atoms with Crippen molar-refractivity contribution in [2.24, 2.45) is 5.92 Å². The highest BCUT2D eigenvalue weighted by molar-refractivity contribution is 5.97. The van der Waals surface area contributed by atoms with Crippen LogP contribution in [0.15, 0.2) is 11.8 Å². The van der Waals surface area contributed by atoms with Crippen LogP contribution in [0.25, 0.3) is 0 Å². The minimum Gasteiger partial charge on any atom is -0.466 e. The number of amides is 1. The van der Waals surface area contributed by atoms with Crippen LogP contribution < -0.4 is 5.32 Å². The fourth-order valence-corrected chi connectivity index (χ4v) is 3.36. The van der Waals surface area contributed by atoms with Crippen LogP contribution in [0.1, 0.15) is 51.9 Å². The lowest BCUT2D eigenvalue weighted by molar-refractivity contribution is -0.150. The second-order valence-corrected chi connectivity index (χ2v) is 6.49. The lowest BCUT2D eigenvalue weighted by Gasteiger charge is -2.30. The zero-order valence-electron chi connectivity index (χ0n) is 14.4. The number of nitrogens with zero attached hydrogens (tertiary/aromatic N) is 2. The van der Waals surface area contributed by atoms with Gasteiger partial charge in [-0.25, -0.2) is 0 Å². The Labute approximate surface area is 143 Å². The topological polar surface area (TPSA) is 82.4 Å². The van der Waals surface area contributed by atoms with Gasteiger partial charge in [-0.05, 0) is 32.6 Å². The molecule has 1 N–H and O–H groups in total. The van der Waals surface area contributed by atoms with Crippen molar-refractivity contribution in [2.75, 3.05) is 19.7 Å². The molecule has 6 heteroatoms. The summed E-state index contributed by atoms with van der Waals surface area (Å²) in [6.45, 7) is 3.15. The number of hydrogen-bond donors (Lipinski definition) is 1. The zero-order valence-corrected chi connectivity index (χ0v) is 14.4. The molecule has 6 nitrogen and oxygen atoms in total. The summed E-state index contributed by atoms with van der Waals surface area (Å²) in [4.78, 5) is 25.9. The first kappa shape index (κ1) is 18.3. The molecule has 2 rings (SSSR count). The number of nitriles is 1. The first-order valence-electron chi connectivity index (χ1n) is 8.98. The van der Waals surface area contributed by atoms with Crippen molar-refractivity contribution in [2.45, 2.75) is 57.9 Å². The molecule has 0 aromatic heterocycles. The Kier molecular flexibility index (Phi) is 7.10. The molecule has 0 radical (unpaired) electrons. The van der Waals surface area contributed by atoms with Crippen molar-refractivity contribution in [3.8, 4) is 6.07 Å². The molecule has 0 spiro atoms. The van der Waals surface area contributed by atoms with Crippen LogP contribution in [0.4, 0.5) is 0 Å². The average molecular weight is 333 g/mol. The monoisotopic (exact) mass is 333 g/mol. The quantitative estimate of drug-likeness (QED) is 0.473. The van der Waals surface area contributed by atoms with E-state index in [9.17, 15) is 14.9 Å². The Morgan fingerprint density at radius 1 is 1.21 bits per heavy atom. The molecular weight excluding hydrogens is 306 g/mol. The number of likely N-dealkylation sites (tertiary alicyclic amines) is 1. The standard InChI is InChI=1S/C18H27N3O3/c1-2-24-18(23)14-8-10-21(11-9-14)17(22)15(12-19)13-20-16-6-4-3-5-7-16/h13-14,16,20H,2-11H2,1H3/b15-13-. The fourth-order valence-electron chi connectivity index (χ4n) is 3.36. The van der Waals surface area contributed by atoms with E-state index in [1.165, 1.54) is 19.3 Å². The molecule has 1 heterocycles. The van der Waals surface area contributed by atoms with Crippen molar-refractivity contribution in [3.05, 3.63) is 11.8 Å². The summed E-state index contributed by atoms with van der Waals surface area (Å²) in [7, 11) is 0. The van der Waals surface area contributed by atoms with Crippen LogP contribution in [0.2, 0.25) is 0 Å². The van der Waals surface area contributed by atoms with Crippen molar-refractivity contribution in [3.63, 3.8) is 0 Å². The zero-order chi connectivity index (χ0) is 17.4. The molecule has 24 heavy (non-hydrogen) atoms. The molecule has 1 aliphatic carbocycles. The normalized spacial score (nSPS) is 20.3. The number of rotatable bonds is 5. The highest BCUT2D eigenvalue weighted by Gasteiger charge is 2.29. The maximum atomic E-state index is 12.5. The van der Waals surface area contributed by atoms with Crippen LogP contribution >= 0.6 is 0 Å². The van der Waals surface area contributed by atoms with Crippen molar-refractivity contribution < 1.29 is 14.3 Å². The Balaban J connectivity index is 1.85. The number of nitrogens with one attached hydrogen (secondary N) is 1. The molecule has 0 bridgehead atoms. The van der Waals surface area contributed by atoms with Gasteiger partial charge >= 0.3 is 5.97 Å². The Hall–Kier alpha value is -2.03. The molecule has 132 valence electrons. The Morgan fingerprint density at radius 2 is 1.88 bits per heavy atom. The second-order valence-electron chi connectivity index (χ2n) is 6.49. The van der Waals surface area contributed by atoms with E-state index in [0.29, 0.717) is 38.6 Å². The van der Waals surface area contributed by atoms with Crippen LogP contribution in [0.5, 0.6) is 0 Å². The highest BCUT2D eigenvalue weighted by Crippen LogP contribution is 2.20. The third kappa shape index (κ3) is 4.98. The summed E-state index contributed by atoms with van der Waals surface area (Å²) in [6, 6.07) is 2.37. The maximum Gasteiger partial charge on any atom is 0.309 e. The lowest BCUT2D eigenvalue weighted by atomic mass is 9.95. The fraction of sp³-hybridized carbons (Fsp3) is 0.722. The van der Waals surface area contributed by atoms with Gasteiger partial charge in [0.1, 0.15) is 11.6 Å². The van der Waals surface area contributed by atoms with Crippen molar-refractivity contribution in [1.29, 1.82) is 5.26 Å². The highest BCUT2D eigenvalue weighted by atomic mass is 16.5. The van der Waals surface area contributed by atoms with Gasteiger partial charge in [0.2, 0.25) is 0 Å². The van der Waals surface area contributed by atoms with Crippen LogP contribution in [-0.2, 0) is 14.3 Å². The molecule has 2 fully saturated rings. The number of ether oxygens (including phenoxy) is 1. The number of carbonyl (C=O) groups is 2. The Bertz CT molecular complexity index is 510. The Morgan fingerprint density at radius 3 is 2.46 bits per heavy atom. The van der Waals surface area contributed by atoms with Crippen LogP contribution in [0, 0.1) is 17.2 Å². The number of carbonyl (C=O) groups excluding carboxylic acids is 2. The predicted octanol–water partition coefficient (Wildman–Crippen LogP) is 2.12. The summed E-state index contributed by atoms with van der Waals surface area (Å²) in [6.07, 6.45) is 8.61. The number of hydrogen-bond acceptors (Lipinski definition) is 5. The minimum atomic E-state index is -0.247. The van der Waals surface area contributed by atoms with Crippen LogP contribution in [0.3, 0.4) is 0 Å². The molecule has 0 unspecified atom stereocenters. The number of esters is 1. The molecular formula is C18H27N3O3. The lowest BCUT2D eigenvalue weighted by Crippen LogP contribution is -2.41. The van der Waals surface area contributed by atoms with Gasteiger partial charge in [-0.2, -0.15) is 5.26 Å². The first-order chi connectivity index (χ1) is 11.7. The molecule has 0 aromatic rings. The van der Waals surface area contributed by atoms with Gasteiger partial charge < -0.3 is 15.0 Å². The molecule has 1 saturated heterocycles.